The van der Waals surface area contributed by atoms with E-state index in [1.807, 2.05) is 0 Å². The predicted molar refractivity (Wildman–Crippen MR) is 230 cm³/mol. The second-order valence-electron chi connectivity index (χ2n) is 15.5. The first-order valence-electron chi connectivity index (χ1n) is 22.4. The molecule has 1 aliphatic rings. The second-order valence-corrected chi connectivity index (χ2v) is 16.9. The van der Waals surface area contributed by atoms with Gasteiger partial charge >= 0.3 is 19.8 Å². The largest absolute Gasteiger partial charge is 0.472 e. The van der Waals surface area contributed by atoms with Crippen LogP contribution in [-0.2, 0) is 32.7 Å². The summed E-state index contributed by atoms with van der Waals surface area (Å²) in [7, 11) is -5.13. The normalized spacial score (nSPS) is 22.8. The van der Waals surface area contributed by atoms with Crippen LogP contribution in [0.15, 0.2) is 48.6 Å². The Balaban J connectivity index is 2.52. The number of esters is 2. The van der Waals surface area contributed by atoms with Gasteiger partial charge < -0.3 is 39.9 Å². The van der Waals surface area contributed by atoms with Crippen molar-refractivity contribution in [1.29, 1.82) is 0 Å². The fourth-order valence-corrected chi connectivity index (χ4v) is 7.44. The first kappa shape index (κ1) is 54.8. The SMILES string of the molecule is CCCCC/C=C\C/C=C\C/C=C\CCCCC(=O)OC[C@H](COP(=O)(O)OC1C(O)C(O)C(O)[C@@H](O)C1O)OC(=O)CCCCCCC/C=C\CCCCCCCC. The Morgan fingerprint density at radius 2 is 0.915 bits per heavy atom. The first-order chi connectivity index (χ1) is 28.4. The van der Waals surface area contributed by atoms with Gasteiger partial charge in [-0.1, -0.05) is 127 Å². The standard InChI is InChI=1S/C45H79O13P/c1-3-5-7-9-11-13-15-17-19-21-23-25-27-29-31-33-38(46)55-35-37(36-56-59(53,54)58-45-43(51)41(49)40(48)42(50)44(45)52)57-39(47)34-32-30-28-26-24-22-20-18-16-14-12-10-8-6-4-2/h11,13,17-20,23,25,37,40-45,48-52H,3-10,12,14-16,21-22,24,26-36H2,1-2H3,(H,53,54)/b13-11-,19-17-,20-18-,25-23-/t37-,40?,41-,42?,43?,44?,45?/m1/s1. The van der Waals surface area contributed by atoms with Crippen molar-refractivity contribution in [2.75, 3.05) is 13.2 Å². The van der Waals surface area contributed by atoms with Crippen molar-refractivity contribution in [3.63, 3.8) is 0 Å². The maximum absolute atomic E-state index is 12.8. The number of hydrogen-bond acceptors (Lipinski definition) is 12. The number of rotatable bonds is 36. The van der Waals surface area contributed by atoms with Gasteiger partial charge in [0.2, 0.25) is 0 Å². The smallest absolute Gasteiger partial charge is 0.462 e. The quantitative estimate of drug-likeness (QED) is 0.0152. The van der Waals surface area contributed by atoms with E-state index < -0.39 is 75.7 Å². The monoisotopic (exact) mass is 859 g/mol. The van der Waals surface area contributed by atoms with E-state index in [1.54, 1.807) is 0 Å². The highest BCUT2D eigenvalue weighted by Crippen LogP contribution is 2.47. The number of aliphatic hydroxyl groups excluding tert-OH is 5. The molecule has 8 atom stereocenters. The molecule has 6 unspecified atom stereocenters. The van der Waals surface area contributed by atoms with Crippen molar-refractivity contribution >= 4 is 19.8 Å². The van der Waals surface area contributed by atoms with Crippen LogP contribution < -0.4 is 0 Å². The van der Waals surface area contributed by atoms with Gasteiger partial charge in [-0.25, -0.2) is 4.57 Å². The number of phosphoric acid groups is 1. The van der Waals surface area contributed by atoms with Crippen LogP contribution in [0.25, 0.3) is 0 Å². The second kappa shape index (κ2) is 35.4. The molecular formula is C45H79O13P. The zero-order valence-corrected chi connectivity index (χ0v) is 36.9. The van der Waals surface area contributed by atoms with Gasteiger partial charge in [-0.15, -0.1) is 0 Å². The number of unbranched alkanes of at least 4 members (excludes halogenated alkanes) is 16. The van der Waals surface area contributed by atoms with E-state index in [1.165, 1.54) is 57.8 Å². The molecule has 1 rings (SSSR count). The highest BCUT2D eigenvalue weighted by Gasteiger charge is 2.51. The minimum absolute atomic E-state index is 0.0773. The third-order valence-electron chi connectivity index (χ3n) is 10.1. The number of carbonyl (C=O) groups is 2. The van der Waals surface area contributed by atoms with Crippen LogP contribution >= 0.6 is 7.82 Å². The lowest BCUT2D eigenvalue weighted by Gasteiger charge is -2.41. The summed E-state index contributed by atoms with van der Waals surface area (Å²) in [4.78, 5) is 35.6. The van der Waals surface area contributed by atoms with E-state index in [2.05, 4.69) is 62.5 Å². The van der Waals surface area contributed by atoms with Gasteiger partial charge in [0.25, 0.3) is 0 Å². The Hall–Kier alpha value is -2.19. The summed E-state index contributed by atoms with van der Waals surface area (Å²) in [6, 6.07) is 0. The van der Waals surface area contributed by atoms with Crippen molar-refractivity contribution < 1.29 is 63.1 Å². The molecule has 0 amide bonds. The Labute approximate surface area is 354 Å². The molecule has 0 heterocycles. The fraction of sp³-hybridized carbons (Fsp3) is 0.778. The van der Waals surface area contributed by atoms with Gasteiger partial charge in [0.05, 0.1) is 6.61 Å². The third-order valence-corrected chi connectivity index (χ3v) is 11.1. The van der Waals surface area contributed by atoms with Crippen molar-refractivity contribution in [2.24, 2.45) is 0 Å². The lowest BCUT2D eigenvalue weighted by Crippen LogP contribution is -2.64. The van der Waals surface area contributed by atoms with Gasteiger partial charge in [0, 0.05) is 12.8 Å². The summed E-state index contributed by atoms with van der Waals surface area (Å²) in [5, 5.41) is 50.1. The van der Waals surface area contributed by atoms with E-state index in [9.17, 15) is 44.6 Å². The van der Waals surface area contributed by atoms with E-state index in [-0.39, 0.29) is 12.8 Å². The zero-order valence-electron chi connectivity index (χ0n) is 36.0. The summed E-state index contributed by atoms with van der Waals surface area (Å²) in [6.45, 7) is 3.21. The Bertz CT molecular complexity index is 1220. The number of phosphoric ester groups is 1. The molecule has 0 spiro atoms. The van der Waals surface area contributed by atoms with Gasteiger partial charge in [0.15, 0.2) is 6.10 Å². The van der Waals surface area contributed by atoms with Gasteiger partial charge in [-0.05, 0) is 77.0 Å². The molecule has 13 nitrogen and oxygen atoms in total. The average Bonchev–Trinajstić information content (AvgIpc) is 3.21. The summed E-state index contributed by atoms with van der Waals surface area (Å²) in [5.41, 5.74) is 0. The fourth-order valence-electron chi connectivity index (χ4n) is 6.46. The minimum Gasteiger partial charge on any atom is -0.462 e. The maximum Gasteiger partial charge on any atom is 0.472 e. The zero-order chi connectivity index (χ0) is 43.6. The average molecular weight is 859 g/mol. The maximum atomic E-state index is 12.8. The van der Waals surface area contributed by atoms with Crippen LogP contribution in [0.3, 0.4) is 0 Å². The Kier molecular flexibility index (Phi) is 32.9. The van der Waals surface area contributed by atoms with Crippen LogP contribution in [0.5, 0.6) is 0 Å². The van der Waals surface area contributed by atoms with Gasteiger partial charge in [-0.2, -0.15) is 0 Å². The van der Waals surface area contributed by atoms with E-state index in [0.29, 0.717) is 12.8 Å². The van der Waals surface area contributed by atoms with Crippen molar-refractivity contribution in [3.8, 4) is 0 Å². The lowest BCUT2D eigenvalue weighted by molar-refractivity contribution is -0.220. The molecule has 0 aromatic heterocycles. The van der Waals surface area contributed by atoms with Crippen LogP contribution in [-0.4, -0.2) is 98.3 Å². The molecule has 59 heavy (non-hydrogen) atoms. The number of hydrogen-bond donors (Lipinski definition) is 6. The number of aliphatic hydroxyl groups is 5. The van der Waals surface area contributed by atoms with Crippen LogP contribution in [0.1, 0.15) is 168 Å². The summed E-state index contributed by atoms with van der Waals surface area (Å²) in [5.74, 6) is -1.16. The molecule has 0 saturated heterocycles. The number of ether oxygens (including phenoxy) is 2. The molecular weight excluding hydrogens is 779 g/mol. The topological polar surface area (TPSA) is 210 Å². The van der Waals surface area contributed by atoms with E-state index in [4.69, 9.17) is 18.5 Å². The molecule has 1 fully saturated rings. The summed E-state index contributed by atoms with van der Waals surface area (Å²) >= 11 is 0. The molecule has 1 aliphatic carbocycles. The van der Waals surface area contributed by atoms with Crippen molar-refractivity contribution in [3.05, 3.63) is 48.6 Å². The van der Waals surface area contributed by atoms with Crippen LogP contribution in [0, 0.1) is 0 Å². The molecule has 342 valence electrons. The molecule has 14 heteroatoms. The van der Waals surface area contributed by atoms with Gasteiger partial charge in [-0.3, -0.25) is 18.6 Å². The number of carbonyl (C=O) groups excluding carboxylic acids is 2. The molecule has 0 aromatic carbocycles. The first-order valence-corrected chi connectivity index (χ1v) is 23.9. The molecule has 1 saturated carbocycles. The Morgan fingerprint density at radius 1 is 0.525 bits per heavy atom. The minimum atomic E-state index is -5.13. The van der Waals surface area contributed by atoms with E-state index >= 15 is 0 Å². The molecule has 0 aromatic rings. The van der Waals surface area contributed by atoms with E-state index in [0.717, 1.165) is 70.6 Å². The molecule has 6 N–H and O–H groups in total. The third kappa shape index (κ3) is 28.1. The van der Waals surface area contributed by atoms with Crippen LogP contribution in [0.2, 0.25) is 0 Å². The number of allylic oxidation sites excluding steroid dienone is 8. The van der Waals surface area contributed by atoms with Gasteiger partial charge in [0.1, 0.15) is 43.2 Å². The van der Waals surface area contributed by atoms with Crippen molar-refractivity contribution in [2.45, 2.75) is 211 Å². The summed E-state index contributed by atoms with van der Waals surface area (Å²) < 4.78 is 33.4. The highest BCUT2D eigenvalue weighted by molar-refractivity contribution is 7.47. The summed E-state index contributed by atoms with van der Waals surface area (Å²) in [6.07, 6.45) is 27.4. The molecule has 0 bridgehead atoms. The predicted octanol–water partition coefficient (Wildman–Crippen LogP) is 8.39. The Morgan fingerprint density at radius 3 is 1.47 bits per heavy atom. The van der Waals surface area contributed by atoms with Crippen molar-refractivity contribution in [1.82, 2.24) is 0 Å². The highest BCUT2D eigenvalue weighted by atomic mass is 31.2. The molecule has 0 aliphatic heterocycles. The van der Waals surface area contributed by atoms with Crippen LogP contribution in [0.4, 0.5) is 0 Å². The lowest BCUT2D eigenvalue weighted by atomic mass is 9.85. The molecule has 0 radical (unpaired) electrons.